The van der Waals surface area contributed by atoms with E-state index < -0.39 is 11.2 Å². The van der Waals surface area contributed by atoms with Crippen molar-refractivity contribution in [1.82, 2.24) is 19.6 Å². The van der Waals surface area contributed by atoms with Crippen LogP contribution in [0.25, 0.3) is 0 Å². The molecule has 4 aliphatic rings. The van der Waals surface area contributed by atoms with Gasteiger partial charge >= 0.3 is 0 Å². The summed E-state index contributed by atoms with van der Waals surface area (Å²) in [5.74, 6) is 1.47. The lowest BCUT2D eigenvalue weighted by atomic mass is 9.74. The number of benzene rings is 2. The molecule has 2 aliphatic heterocycles. The number of aliphatic hydroxyl groups is 2. The van der Waals surface area contributed by atoms with Gasteiger partial charge in [-0.1, -0.05) is 145 Å². The quantitative estimate of drug-likeness (QED) is 0.276. The second kappa shape index (κ2) is 25.1. The molecule has 58 heavy (non-hydrogen) atoms. The van der Waals surface area contributed by atoms with Crippen molar-refractivity contribution in [2.45, 2.75) is 153 Å². The second-order valence-electron chi connectivity index (χ2n) is 19.2. The molecule has 4 fully saturated rings. The van der Waals surface area contributed by atoms with Gasteiger partial charge < -0.3 is 34.5 Å². The maximum Gasteiger partial charge on any atom is 0.124 e. The third kappa shape index (κ3) is 14.9. The predicted octanol–water partition coefficient (Wildman–Crippen LogP) is 9.71. The lowest BCUT2D eigenvalue weighted by molar-refractivity contribution is -0.0555. The Morgan fingerprint density at radius 1 is 0.552 bits per heavy atom. The normalized spacial score (nSPS) is 29.1. The van der Waals surface area contributed by atoms with Crippen molar-refractivity contribution in [2.24, 2.45) is 11.8 Å². The summed E-state index contributed by atoms with van der Waals surface area (Å²) >= 11 is 0. The summed E-state index contributed by atoms with van der Waals surface area (Å²) < 4.78 is 5.71. The van der Waals surface area contributed by atoms with Crippen LogP contribution in [0, 0.1) is 18.8 Å². The molecule has 328 valence electrons. The number of likely N-dealkylation sites (N-methyl/N-ethyl adjacent to an activating group) is 2. The summed E-state index contributed by atoms with van der Waals surface area (Å²) in [6.07, 6.45) is 25.6. The van der Waals surface area contributed by atoms with Gasteiger partial charge in [0.1, 0.15) is 5.75 Å². The molecule has 0 spiro atoms. The Hall–Kier alpha value is -2.00. The van der Waals surface area contributed by atoms with E-state index >= 15 is 0 Å². The van der Waals surface area contributed by atoms with Crippen LogP contribution in [0.2, 0.25) is 0 Å². The SMILES string of the molecule is COc1ccccc1C1(O)CCCCCCCCCCC1CN1CCN(C)CC1.Cc1ccccc1CC1(O)CCCCCCCCCCC1CN1CCN(C)CC1. The summed E-state index contributed by atoms with van der Waals surface area (Å²) in [7, 11) is 6.16. The lowest BCUT2D eigenvalue weighted by Gasteiger charge is -2.42. The van der Waals surface area contributed by atoms with Gasteiger partial charge in [0.05, 0.1) is 18.3 Å². The summed E-state index contributed by atoms with van der Waals surface area (Å²) in [5.41, 5.74) is 2.28. The van der Waals surface area contributed by atoms with Crippen molar-refractivity contribution >= 4 is 0 Å². The van der Waals surface area contributed by atoms with E-state index in [-0.39, 0.29) is 5.92 Å². The van der Waals surface area contributed by atoms with Crippen molar-refractivity contribution in [3.63, 3.8) is 0 Å². The first-order valence-corrected chi connectivity index (χ1v) is 24.1. The summed E-state index contributed by atoms with van der Waals surface area (Å²) in [5, 5.41) is 24.4. The lowest BCUT2D eigenvalue weighted by Crippen LogP contribution is -2.51. The van der Waals surface area contributed by atoms with Crippen LogP contribution in [-0.4, -0.2) is 122 Å². The van der Waals surface area contributed by atoms with Gasteiger partial charge in [-0.15, -0.1) is 0 Å². The number of piperazine rings is 2. The van der Waals surface area contributed by atoms with Crippen LogP contribution in [0.15, 0.2) is 48.5 Å². The molecule has 0 amide bonds. The average Bonchev–Trinajstić information content (AvgIpc) is 3.22. The average molecular weight is 803 g/mol. The molecule has 2 aliphatic carbocycles. The molecule has 0 aromatic heterocycles. The molecule has 4 unspecified atom stereocenters. The zero-order valence-corrected chi connectivity index (χ0v) is 37.8. The van der Waals surface area contributed by atoms with Crippen molar-refractivity contribution in [1.29, 1.82) is 0 Å². The van der Waals surface area contributed by atoms with E-state index in [2.05, 4.69) is 77.0 Å². The van der Waals surface area contributed by atoms with E-state index in [1.165, 1.54) is 114 Å². The molecule has 4 atom stereocenters. The highest BCUT2D eigenvalue weighted by atomic mass is 16.5. The Balaban J connectivity index is 0.000000221. The molecule has 6 rings (SSSR count). The Labute approximate surface area is 355 Å². The zero-order valence-electron chi connectivity index (χ0n) is 37.8. The van der Waals surface area contributed by atoms with Crippen LogP contribution >= 0.6 is 0 Å². The molecule has 7 heteroatoms. The molecule has 2 aromatic rings. The number of hydrogen-bond donors (Lipinski definition) is 2. The van der Waals surface area contributed by atoms with Gasteiger partial charge in [-0.05, 0) is 63.9 Å². The molecular formula is C51H86N4O3. The highest BCUT2D eigenvalue weighted by molar-refractivity contribution is 5.38. The Morgan fingerprint density at radius 2 is 1.00 bits per heavy atom. The fourth-order valence-corrected chi connectivity index (χ4v) is 10.6. The molecule has 2 heterocycles. The van der Waals surface area contributed by atoms with Crippen LogP contribution in [0.5, 0.6) is 5.75 Å². The minimum absolute atomic E-state index is 0.252. The number of ether oxygens (including phenoxy) is 1. The topological polar surface area (TPSA) is 62.7 Å². The number of rotatable bonds is 8. The van der Waals surface area contributed by atoms with Gasteiger partial charge in [0.25, 0.3) is 0 Å². The van der Waals surface area contributed by atoms with Crippen LogP contribution in [0.4, 0.5) is 0 Å². The number of methoxy groups -OCH3 is 1. The van der Waals surface area contributed by atoms with E-state index in [0.29, 0.717) is 5.92 Å². The Morgan fingerprint density at radius 3 is 1.55 bits per heavy atom. The molecule has 2 N–H and O–H groups in total. The highest BCUT2D eigenvalue weighted by Gasteiger charge is 2.41. The minimum Gasteiger partial charge on any atom is -0.496 e. The van der Waals surface area contributed by atoms with Crippen LogP contribution in [-0.2, 0) is 12.0 Å². The third-order valence-electron chi connectivity index (χ3n) is 14.7. The van der Waals surface area contributed by atoms with Crippen molar-refractivity contribution < 1.29 is 14.9 Å². The smallest absolute Gasteiger partial charge is 0.124 e. The monoisotopic (exact) mass is 803 g/mol. The molecular weight excluding hydrogens is 717 g/mol. The molecule has 2 saturated carbocycles. The van der Waals surface area contributed by atoms with Crippen molar-refractivity contribution in [3.05, 3.63) is 65.2 Å². The van der Waals surface area contributed by atoms with Crippen LogP contribution < -0.4 is 4.74 Å². The predicted molar refractivity (Wildman–Crippen MR) is 244 cm³/mol. The van der Waals surface area contributed by atoms with Gasteiger partial charge in [-0.2, -0.15) is 0 Å². The molecule has 2 aromatic carbocycles. The molecule has 2 saturated heterocycles. The first kappa shape index (κ1) is 47.1. The first-order valence-electron chi connectivity index (χ1n) is 24.1. The maximum atomic E-state index is 12.3. The zero-order chi connectivity index (χ0) is 41.1. The highest BCUT2D eigenvalue weighted by Crippen LogP contribution is 2.43. The molecule has 0 radical (unpaired) electrons. The van der Waals surface area contributed by atoms with Gasteiger partial charge in [0.15, 0.2) is 0 Å². The molecule has 0 bridgehead atoms. The largest absolute Gasteiger partial charge is 0.496 e. The number of hydrogen-bond acceptors (Lipinski definition) is 7. The fourth-order valence-electron chi connectivity index (χ4n) is 10.6. The second-order valence-corrected chi connectivity index (χ2v) is 19.2. The van der Waals surface area contributed by atoms with E-state index in [9.17, 15) is 10.2 Å². The van der Waals surface area contributed by atoms with E-state index in [0.717, 1.165) is 109 Å². The van der Waals surface area contributed by atoms with Crippen LogP contribution in [0.3, 0.4) is 0 Å². The van der Waals surface area contributed by atoms with E-state index in [1.807, 2.05) is 12.1 Å². The standard InChI is InChI=1S/C26H44N2O.C25H42N2O2/c1-23-13-10-11-14-24(23)21-26(29)16-12-8-6-4-3-5-7-9-15-25(26)22-28-19-17-27(2)18-20-28;1-26-17-19-27(20-18-26)21-22-13-9-7-5-3-4-6-8-12-16-25(22,28)23-14-10-11-15-24(23)29-2/h10-11,13-14,25,29H,3-9,12,15-22H2,1-2H3;10-11,14-15,22,28H,3-9,12-13,16-21H2,1-2H3. The summed E-state index contributed by atoms with van der Waals surface area (Å²) in [6, 6.07) is 16.9. The maximum absolute atomic E-state index is 12.3. The van der Waals surface area contributed by atoms with Gasteiger partial charge in [-0.25, -0.2) is 0 Å². The van der Waals surface area contributed by atoms with Gasteiger partial charge in [0.2, 0.25) is 0 Å². The third-order valence-corrected chi connectivity index (χ3v) is 14.7. The van der Waals surface area contributed by atoms with Crippen molar-refractivity contribution in [2.75, 3.05) is 86.7 Å². The van der Waals surface area contributed by atoms with Crippen molar-refractivity contribution in [3.8, 4) is 5.75 Å². The summed E-state index contributed by atoms with van der Waals surface area (Å²) in [4.78, 5) is 10.0. The Kier molecular flexibility index (Phi) is 20.3. The van der Waals surface area contributed by atoms with Gasteiger partial charge in [0, 0.05) is 89.3 Å². The number of para-hydroxylation sites is 1. The molecule has 7 nitrogen and oxygen atoms in total. The van der Waals surface area contributed by atoms with Gasteiger partial charge in [-0.3, -0.25) is 0 Å². The first-order chi connectivity index (χ1) is 28.2. The van der Waals surface area contributed by atoms with E-state index in [1.54, 1.807) is 7.11 Å². The number of nitrogens with zero attached hydrogens (tertiary/aromatic N) is 4. The minimum atomic E-state index is -0.810. The van der Waals surface area contributed by atoms with Crippen LogP contribution in [0.1, 0.15) is 145 Å². The summed E-state index contributed by atoms with van der Waals surface area (Å²) in [6.45, 7) is 13.3. The van der Waals surface area contributed by atoms with E-state index in [4.69, 9.17) is 4.74 Å². The fraction of sp³-hybridized carbons (Fsp3) is 0.765. The number of aryl methyl sites for hydroxylation is 1. The Bertz CT molecular complexity index is 1410.